The fourth-order valence-electron chi connectivity index (χ4n) is 4.52. The van der Waals surface area contributed by atoms with Gasteiger partial charge in [-0.2, -0.15) is 0 Å². The fraction of sp³-hybridized carbons (Fsp3) is 0.0833. The van der Waals surface area contributed by atoms with Gasteiger partial charge in [-0.05, 0) is 11.6 Å². The number of hydrogen-bond donors (Lipinski definition) is 3. The molecule has 0 fully saturated rings. The van der Waals surface area contributed by atoms with Crippen LogP contribution in [-0.2, 0) is 6.61 Å². The van der Waals surface area contributed by atoms with Crippen LogP contribution in [0.1, 0.15) is 5.56 Å². The molecule has 0 aliphatic heterocycles. The standard InChI is InChI=1S/C24H15N3O6/c1-32-13-8-12-11(7-14(13)33-9-10-5-3-2-4-6-10)15-16-17(22(29)26-21(16)28)18-19(20(15)25-12)24(31)27-23(18)30/h2-8,25H,9H2,1H3,(H,26,28,29)(H,27,30,31). The Morgan fingerprint density at radius 2 is 1.30 bits per heavy atom. The maximum absolute atomic E-state index is 12.7. The number of methoxy groups -OCH3 is 1. The van der Waals surface area contributed by atoms with Crippen molar-refractivity contribution in [2.45, 2.75) is 6.61 Å². The SMILES string of the molecule is COc1cc2[nH]c3c4c(=O)[nH]c(=O)c4c4c(=O)[nH]c(=O)c4c3c2cc1OCc1ccccc1. The van der Waals surface area contributed by atoms with Crippen molar-refractivity contribution in [3.05, 3.63) is 89.4 Å². The van der Waals surface area contributed by atoms with Crippen molar-refractivity contribution in [2.24, 2.45) is 0 Å². The molecule has 162 valence electrons. The summed E-state index contributed by atoms with van der Waals surface area (Å²) in [5.41, 5.74) is -0.856. The van der Waals surface area contributed by atoms with Gasteiger partial charge in [0.25, 0.3) is 22.2 Å². The van der Waals surface area contributed by atoms with Crippen LogP contribution >= 0.6 is 0 Å². The Morgan fingerprint density at radius 3 is 1.97 bits per heavy atom. The molecule has 6 rings (SSSR count). The molecule has 6 aromatic rings. The Bertz CT molecular complexity index is 1940. The smallest absolute Gasteiger partial charge is 0.261 e. The van der Waals surface area contributed by atoms with Crippen LogP contribution in [0.25, 0.3) is 43.4 Å². The molecule has 9 nitrogen and oxygen atoms in total. The van der Waals surface area contributed by atoms with Crippen LogP contribution in [0.15, 0.2) is 61.6 Å². The zero-order valence-electron chi connectivity index (χ0n) is 17.2. The molecule has 0 spiro atoms. The van der Waals surface area contributed by atoms with Crippen molar-refractivity contribution < 1.29 is 9.47 Å². The van der Waals surface area contributed by atoms with Gasteiger partial charge >= 0.3 is 0 Å². The Balaban J connectivity index is 1.72. The van der Waals surface area contributed by atoms with E-state index in [1.54, 1.807) is 12.1 Å². The number of ether oxygens (including phenoxy) is 2. The van der Waals surface area contributed by atoms with E-state index < -0.39 is 22.2 Å². The quantitative estimate of drug-likeness (QED) is 0.384. The number of H-pyrrole nitrogens is 3. The predicted molar refractivity (Wildman–Crippen MR) is 124 cm³/mol. The average Bonchev–Trinajstić information content (AvgIpc) is 3.42. The lowest BCUT2D eigenvalue weighted by Crippen LogP contribution is -2.08. The molecule has 3 N–H and O–H groups in total. The first-order valence-electron chi connectivity index (χ1n) is 10.1. The molecule has 3 heterocycles. The first-order chi connectivity index (χ1) is 16.0. The Hall–Kier alpha value is -4.66. The second kappa shape index (κ2) is 6.67. The van der Waals surface area contributed by atoms with E-state index in [1.807, 2.05) is 30.3 Å². The molecule has 0 aliphatic rings. The molecule has 0 aliphatic carbocycles. The summed E-state index contributed by atoms with van der Waals surface area (Å²) in [5, 5.41) is 0.855. The van der Waals surface area contributed by atoms with Crippen molar-refractivity contribution in [1.29, 1.82) is 0 Å². The molecule has 0 unspecified atom stereocenters. The van der Waals surface area contributed by atoms with Crippen molar-refractivity contribution >= 4 is 43.4 Å². The van der Waals surface area contributed by atoms with Crippen LogP contribution < -0.4 is 31.7 Å². The Morgan fingerprint density at radius 1 is 0.697 bits per heavy atom. The molecule has 0 saturated heterocycles. The number of hydrogen-bond acceptors (Lipinski definition) is 6. The normalized spacial score (nSPS) is 11.8. The maximum Gasteiger partial charge on any atom is 0.261 e. The largest absolute Gasteiger partial charge is 0.493 e. The van der Waals surface area contributed by atoms with Gasteiger partial charge in [0.05, 0.1) is 39.7 Å². The van der Waals surface area contributed by atoms with Gasteiger partial charge in [-0.3, -0.25) is 29.1 Å². The topological polar surface area (TPSA) is 134 Å². The summed E-state index contributed by atoms with van der Waals surface area (Å²) < 4.78 is 11.5. The third kappa shape index (κ3) is 2.59. The highest BCUT2D eigenvalue weighted by Gasteiger charge is 2.24. The van der Waals surface area contributed by atoms with E-state index in [9.17, 15) is 19.2 Å². The highest BCUT2D eigenvalue weighted by Crippen LogP contribution is 2.39. The molecule has 33 heavy (non-hydrogen) atoms. The maximum atomic E-state index is 12.7. The van der Waals surface area contributed by atoms with Crippen LogP contribution in [0, 0.1) is 0 Å². The summed E-state index contributed by atoms with van der Waals surface area (Å²) in [4.78, 5) is 57.9. The average molecular weight is 441 g/mol. The van der Waals surface area contributed by atoms with Crippen LogP contribution in [0.4, 0.5) is 0 Å². The third-order valence-corrected chi connectivity index (χ3v) is 5.93. The van der Waals surface area contributed by atoms with Gasteiger partial charge in [0.15, 0.2) is 11.5 Å². The monoisotopic (exact) mass is 441 g/mol. The first kappa shape index (κ1) is 19.1. The minimum atomic E-state index is -0.707. The Kier molecular flexibility index (Phi) is 3.85. The summed E-state index contributed by atoms with van der Waals surface area (Å²) in [5.74, 6) is 0.869. The van der Waals surface area contributed by atoms with Gasteiger partial charge in [0, 0.05) is 16.8 Å². The van der Waals surface area contributed by atoms with Gasteiger partial charge in [-0.15, -0.1) is 0 Å². The lowest BCUT2D eigenvalue weighted by atomic mass is 10.0. The van der Waals surface area contributed by atoms with E-state index in [4.69, 9.17) is 9.47 Å². The molecular formula is C24H15N3O6. The molecule has 0 saturated carbocycles. The van der Waals surface area contributed by atoms with Gasteiger partial charge in [-0.1, -0.05) is 30.3 Å². The molecule has 0 amide bonds. The fourth-order valence-corrected chi connectivity index (χ4v) is 4.52. The zero-order chi connectivity index (χ0) is 22.9. The molecule has 0 radical (unpaired) electrons. The molecule has 9 heteroatoms. The van der Waals surface area contributed by atoms with E-state index in [1.165, 1.54) is 7.11 Å². The minimum absolute atomic E-state index is 0.0421. The van der Waals surface area contributed by atoms with Crippen LogP contribution in [0.3, 0.4) is 0 Å². The number of nitrogens with one attached hydrogen (secondary N) is 3. The molecule has 0 bridgehead atoms. The van der Waals surface area contributed by atoms with Gasteiger partial charge in [-0.25, -0.2) is 0 Å². The van der Waals surface area contributed by atoms with E-state index >= 15 is 0 Å². The van der Waals surface area contributed by atoms with Gasteiger partial charge in [0.2, 0.25) is 0 Å². The predicted octanol–water partition coefficient (Wildman–Crippen LogP) is 2.19. The number of aromatic amines is 3. The van der Waals surface area contributed by atoms with Crippen molar-refractivity contribution in [1.82, 2.24) is 15.0 Å². The van der Waals surface area contributed by atoms with Gasteiger partial charge < -0.3 is 14.5 Å². The second-order valence-electron chi connectivity index (χ2n) is 7.76. The van der Waals surface area contributed by atoms with Crippen molar-refractivity contribution in [3.8, 4) is 11.5 Å². The summed E-state index contributed by atoms with van der Waals surface area (Å²) >= 11 is 0. The highest BCUT2D eigenvalue weighted by molar-refractivity contribution is 6.31. The summed E-state index contributed by atoms with van der Waals surface area (Å²) in [6.45, 7) is 0.286. The minimum Gasteiger partial charge on any atom is -0.493 e. The van der Waals surface area contributed by atoms with E-state index in [2.05, 4.69) is 15.0 Å². The number of fused-ring (bicyclic) bond motifs is 8. The first-order valence-corrected chi connectivity index (χ1v) is 10.1. The van der Waals surface area contributed by atoms with E-state index in [-0.39, 0.29) is 28.2 Å². The Labute approximate surface area is 182 Å². The van der Waals surface area contributed by atoms with Crippen molar-refractivity contribution in [3.63, 3.8) is 0 Å². The van der Waals surface area contributed by atoms with Crippen LogP contribution in [-0.4, -0.2) is 22.1 Å². The second-order valence-corrected chi connectivity index (χ2v) is 7.76. The third-order valence-electron chi connectivity index (χ3n) is 5.93. The summed E-state index contributed by atoms with van der Waals surface area (Å²) in [7, 11) is 1.51. The number of aromatic nitrogens is 3. The molecule has 3 aromatic heterocycles. The van der Waals surface area contributed by atoms with Gasteiger partial charge in [0.1, 0.15) is 6.61 Å². The number of benzene rings is 3. The zero-order valence-corrected chi connectivity index (χ0v) is 17.2. The van der Waals surface area contributed by atoms with Crippen LogP contribution in [0.2, 0.25) is 0 Å². The van der Waals surface area contributed by atoms with Crippen LogP contribution in [0.5, 0.6) is 11.5 Å². The number of rotatable bonds is 4. The lowest BCUT2D eigenvalue weighted by Gasteiger charge is -2.11. The van der Waals surface area contributed by atoms with Crippen molar-refractivity contribution in [2.75, 3.05) is 7.11 Å². The van der Waals surface area contributed by atoms with E-state index in [0.717, 1.165) is 5.56 Å². The molecule has 3 aromatic carbocycles. The lowest BCUT2D eigenvalue weighted by molar-refractivity contribution is 0.285. The highest BCUT2D eigenvalue weighted by atomic mass is 16.5. The summed E-state index contributed by atoms with van der Waals surface area (Å²) in [6, 6.07) is 13.0. The van der Waals surface area contributed by atoms with E-state index in [0.29, 0.717) is 33.3 Å². The summed E-state index contributed by atoms with van der Waals surface area (Å²) in [6.07, 6.45) is 0. The molecular weight excluding hydrogens is 426 g/mol. The molecule has 0 atom stereocenters.